The molecule has 0 aliphatic carbocycles. The van der Waals surface area contributed by atoms with Crippen molar-refractivity contribution in [3.8, 4) is 5.75 Å². The molecule has 0 bridgehead atoms. The summed E-state index contributed by atoms with van der Waals surface area (Å²) >= 11 is 5.96. The van der Waals surface area contributed by atoms with Crippen molar-refractivity contribution in [1.29, 1.82) is 0 Å². The first-order chi connectivity index (χ1) is 12.0. The zero-order chi connectivity index (χ0) is 18.2. The van der Waals surface area contributed by atoms with Gasteiger partial charge in [-0.3, -0.25) is 4.79 Å². The molecule has 0 aromatic heterocycles. The molecule has 2 N–H and O–H groups in total. The fourth-order valence-electron chi connectivity index (χ4n) is 2.79. The Morgan fingerprint density at radius 3 is 2.92 bits per heavy atom. The lowest BCUT2D eigenvalue weighted by molar-refractivity contribution is -0.145. The molecule has 2 unspecified atom stereocenters. The molecule has 1 aromatic carbocycles. The van der Waals surface area contributed by atoms with Crippen molar-refractivity contribution >= 4 is 23.5 Å². The Balaban J connectivity index is 1.73. The molecule has 0 spiro atoms. The van der Waals surface area contributed by atoms with E-state index in [-0.39, 0.29) is 18.2 Å². The van der Waals surface area contributed by atoms with E-state index in [9.17, 15) is 14.7 Å². The summed E-state index contributed by atoms with van der Waals surface area (Å²) in [5.74, 6) is -0.779. The normalized spacial score (nSPS) is 18.4. The van der Waals surface area contributed by atoms with E-state index in [2.05, 4.69) is 5.32 Å². The Morgan fingerprint density at radius 1 is 1.48 bits per heavy atom. The fraction of sp³-hybridized carbons (Fsp3) is 0.556. The van der Waals surface area contributed by atoms with E-state index in [1.54, 1.807) is 12.1 Å². The summed E-state index contributed by atoms with van der Waals surface area (Å²) in [6.45, 7) is 3.29. The third kappa shape index (κ3) is 6.21. The van der Waals surface area contributed by atoms with Crippen molar-refractivity contribution in [2.75, 3.05) is 19.8 Å². The summed E-state index contributed by atoms with van der Waals surface area (Å²) in [6.07, 6.45) is 2.28. The Morgan fingerprint density at radius 2 is 2.28 bits per heavy atom. The highest BCUT2D eigenvalue weighted by molar-refractivity contribution is 6.31. The first kappa shape index (κ1) is 19.5. The van der Waals surface area contributed by atoms with Crippen molar-refractivity contribution in [3.05, 3.63) is 28.8 Å². The van der Waals surface area contributed by atoms with Gasteiger partial charge in [-0.05, 0) is 49.9 Å². The molecule has 138 valence electrons. The molecule has 1 heterocycles. The molecule has 7 heteroatoms. The third-order valence-electron chi connectivity index (χ3n) is 4.20. The number of carboxylic acid groups (broad SMARTS) is 1. The van der Waals surface area contributed by atoms with Crippen molar-refractivity contribution in [1.82, 2.24) is 5.32 Å². The number of aliphatic carboxylic acids is 1. The van der Waals surface area contributed by atoms with Crippen LogP contribution in [0.3, 0.4) is 0 Å². The van der Waals surface area contributed by atoms with Gasteiger partial charge in [0.1, 0.15) is 11.8 Å². The summed E-state index contributed by atoms with van der Waals surface area (Å²) in [6, 6.07) is 4.49. The minimum Gasteiger partial charge on any atom is -0.494 e. The van der Waals surface area contributed by atoms with Crippen LogP contribution in [-0.4, -0.2) is 42.8 Å². The second kappa shape index (κ2) is 9.63. The average Bonchev–Trinajstić information content (AvgIpc) is 2.60. The number of benzene rings is 1. The highest BCUT2D eigenvalue weighted by Crippen LogP contribution is 2.21. The quantitative estimate of drug-likeness (QED) is 0.688. The zero-order valence-electron chi connectivity index (χ0n) is 14.3. The molecule has 1 fully saturated rings. The Hall–Kier alpha value is -1.79. The molecule has 25 heavy (non-hydrogen) atoms. The number of amides is 1. The van der Waals surface area contributed by atoms with Gasteiger partial charge in [0, 0.05) is 24.0 Å². The number of ether oxygens (including phenoxy) is 2. The molecule has 1 aliphatic heterocycles. The molecule has 1 aliphatic rings. The van der Waals surface area contributed by atoms with E-state index in [0.717, 1.165) is 18.4 Å². The van der Waals surface area contributed by atoms with E-state index in [1.165, 1.54) is 0 Å². The Labute approximate surface area is 152 Å². The van der Waals surface area contributed by atoms with Crippen LogP contribution < -0.4 is 10.1 Å². The van der Waals surface area contributed by atoms with Gasteiger partial charge in [-0.2, -0.15) is 0 Å². The average molecular weight is 370 g/mol. The highest BCUT2D eigenvalue weighted by Gasteiger charge is 2.31. The number of hydrogen-bond acceptors (Lipinski definition) is 4. The van der Waals surface area contributed by atoms with Crippen LogP contribution in [-0.2, 0) is 14.3 Å². The molecule has 0 saturated carbocycles. The van der Waals surface area contributed by atoms with Gasteiger partial charge in [0.2, 0.25) is 5.91 Å². The summed E-state index contributed by atoms with van der Waals surface area (Å²) in [7, 11) is 0. The standard InChI is InChI=1S/C18H24ClNO5/c1-12-10-14(6-7-15(12)19)25-9-3-5-16(21)20-17(18(22)23)13-4-2-8-24-11-13/h6-7,10,13,17H,2-5,8-9,11H2,1H3,(H,20,21)(H,22,23). The summed E-state index contributed by atoms with van der Waals surface area (Å²) in [5, 5.41) is 12.6. The fourth-order valence-corrected chi connectivity index (χ4v) is 2.90. The summed E-state index contributed by atoms with van der Waals surface area (Å²) in [4.78, 5) is 23.4. The molecule has 1 saturated heterocycles. The van der Waals surface area contributed by atoms with Gasteiger partial charge in [-0.1, -0.05) is 11.6 Å². The van der Waals surface area contributed by atoms with E-state index in [0.29, 0.717) is 37.0 Å². The van der Waals surface area contributed by atoms with Crippen molar-refractivity contribution in [2.24, 2.45) is 5.92 Å². The van der Waals surface area contributed by atoms with Crippen molar-refractivity contribution in [2.45, 2.75) is 38.6 Å². The predicted molar refractivity (Wildman–Crippen MR) is 94.0 cm³/mol. The lowest BCUT2D eigenvalue weighted by Crippen LogP contribution is -2.48. The van der Waals surface area contributed by atoms with Gasteiger partial charge in [0.05, 0.1) is 13.2 Å². The van der Waals surface area contributed by atoms with Gasteiger partial charge in [-0.25, -0.2) is 4.79 Å². The molecular weight excluding hydrogens is 346 g/mol. The highest BCUT2D eigenvalue weighted by atomic mass is 35.5. The lowest BCUT2D eigenvalue weighted by atomic mass is 9.93. The Kier molecular flexibility index (Phi) is 7.52. The molecule has 2 rings (SSSR count). The number of carboxylic acids is 1. The predicted octanol–water partition coefficient (Wildman–Crippen LogP) is 2.80. The first-order valence-electron chi connectivity index (χ1n) is 8.46. The third-order valence-corrected chi connectivity index (χ3v) is 4.62. The number of carbonyl (C=O) groups is 2. The maximum absolute atomic E-state index is 12.0. The minimum atomic E-state index is -1.02. The molecular formula is C18H24ClNO5. The van der Waals surface area contributed by atoms with E-state index in [1.807, 2.05) is 13.0 Å². The van der Waals surface area contributed by atoms with Gasteiger partial charge in [0.15, 0.2) is 0 Å². The van der Waals surface area contributed by atoms with Crippen LogP contribution >= 0.6 is 11.6 Å². The van der Waals surface area contributed by atoms with Gasteiger partial charge in [0.25, 0.3) is 0 Å². The van der Waals surface area contributed by atoms with Gasteiger partial charge < -0.3 is 19.9 Å². The largest absolute Gasteiger partial charge is 0.494 e. The number of nitrogens with one attached hydrogen (secondary N) is 1. The van der Waals surface area contributed by atoms with E-state index in [4.69, 9.17) is 21.1 Å². The number of halogens is 1. The minimum absolute atomic E-state index is 0.177. The number of rotatable bonds is 8. The smallest absolute Gasteiger partial charge is 0.326 e. The van der Waals surface area contributed by atoms with Crippen LogP contribution in [0.15, 0.2) is 18.2 Å². The molecule has 0 radical (unpaired) electrons. The summed E-state index contributed by atoms with van der Waals surface area (Å²) < 4.78 is 10.9. The second-order valence-corrected chi connectivity index (χ2v) is 6.63. The number of aryl methyl sites for hydroxylation is 1. The molecule has 2 atom stereocenters. The van der Waals surface area contributed by atoms with E-state index >= 15 is 0 Å². The van der Waals surface area contributed by atoms with Gasteiger partial charge in [-0.15, -0.1) is 0 Å². The van der Waals surface area contributed by atoms with Crippen LogP contribution in [0, 0.1) is 12.8 Å². The van der Waals surface area contributed by atoms with Crippen LogP contribution in [0.2, 0.25) is 5.02 Å². The monoisotopic (exact) mass is 369 g/mol. The second-order valence-electron chi connectivity index (χ2n) is 6.22. The molecule has 1 amide bonds. The van der Waals surface area contributed by atoms with Gasteiger partial charge >= 0.3 is 5.97 Å². The molecule has 1 aromatic rings. The van der Waals surface area contributed by atoms with Crippen LogP contribution in [0.4, 0.5) is 0 Å². The molecule has 6 nitrogen and oxygen atoms in total. The topological polar surface area (TPSA) is 84.9 Å². The first-order valence-corrected chi connectivity index (χ1v) is 8.84. The maximum atomic E-state index is 12.0. The van der Waals surface area contributed by atoms with Crippen LogP contribution in [0.1, 0.15) is 31.2 Å². The van der Waals surface area contributed by atoms with Crippen LogP contribution in [0.25, 0.3) is 0 Å². The zero-order valence-corrected chi connectivity index (χ0v) is 15.1. The van der Waals surface area contributed by atoms with E-state index < -0.39 is 12.0 Å². The summed E-state index contributed by atoms with van der Waals surface area (Å²) in [5.41, 5.74) is 0.927. The van der Waals surface area contributed by atoms with Crippen molar-refractivity contribution in [3.63, 3.8) is 0 Å². The Bertz CT molecular complexity index is 601. The SMILES string of the molecule is Cc1cc(OCCCC(=O)NC(C(=O)O)C2CCCOC2)ccc1Cl. The maximum Gasteiger partial charge on any atom is 0.326 e. The van der Waals surface area contributed by atoms with Crippen molar-refractivity contribution < 1.29 is 24.2 Å². The number of hydrogen-bond donors (Lipinski definition) is 2. The number of carbonyl (C=O) groups excluding carboxylic acids is 1. The van der Waals surface area contributed by atoms with Crippen LogP contribution in [0.5, 0.6) is 5.75 Å². The lowest BCUT2D eigenvalue weighted by Gasteiger charge is -2.28.